The Morgan fingerprint density at radius 1 is 0.800 bits per heavy atom. The third kappa shape index (κ3) is 4.60. The fraction of sp³-hybridized carbons (Fsp3) is 0.161. The number of aryl methyl sites for hydroxylation is 2. The van der Waals surface area contributed by atoms with Gasteiger partial charge in [-0.15, -0.1) is 0 Å². The summed E-state index contributed by atoms with van der Waals surface area (Å²) in [5.74, 6) is 0.715. The fourth-order valence-corrected chi connectivity index (χ4v) is 4.66. The molecule has 0 aliphatic carbocycles. The molecule has 4 aromatic carbocycles. The van der Waals surface area contributed by atoms with Crippen LogP contribution >= 0.6 is 0 Å². The average molecular weight is 460 g/mol. The average Bonchev–Trinajstić information content (AvgIpc) is 2.89. The lowest BCUT2D eigenvalue weighted by molar-refractivity contribution is 0.541. The van der Waals surface area contributed by atoms with Crippen LogP contribution in [-0.4, -0.2) is 16.6 Å². The molecule has 1 unspecified atom stereocenters. The highest BCUT2D eigenvalue weighted by atomic mass is 16.1. The van der Waals surface area contributed by atoms with Crippen LogP contribution in [0.3, 0.4) is 0 Å². The maximum atomic E-state index is 14.0. The van der Waals surface area contributed by atoms with Gasteiger partial charge in [0.05, 0.1) is 16.9 Å². The monoisotopic (exact) mass is 459 g/mol. The van der Waals surface area contributed by atoms with E-state index in [1.807, 2.05) is 73.1 Å². The van der Waals surface area contributed by atoms with Gasteiger partial charge < -0.3 is 4.90 Å². The molecule has 35 heavy (non-hydrogen) atoms. The Bertz CT molecular complexity index is 1510. The van der Waals surface area contributed by atoms with Crippen molar-refractivity contribution in [2.24, 2.45) is 0 Å². The molecule has 4 heteroatoms. The molecular weight excluding hydrogens is 430 g/mol. The lowest BCUT2D eigenvalue weighted by Crippen LogP contribution is -2.30. The molecule has 5 rings (SSSR count). The highest BCUT2D eigenvalue weighted by Crippen LogP contribution is 2.28. The van der Waals surface area contributed by atoms with Crippen LogP contribution in [0.1, 0.15) is 28.6 Å². The van der Waals surface area contributed by atoms with Gasteiger partial charge >= 0.3 is 0 Å². The summed E-state index contributed by atoms with van der Waals surface area (Å²) >= 11 is 0. The van der Waals surface area contributed by atoms with E-state index in [9.17, 15) is 4.79 Å². The molecule has 0 fully saturated rings. The third-order valence-electron chi connectivity index (χ3n) is 6.64. The Morgan fingerprint density at radius 2 is 1.43 bits per heavy atom. The Morgan fingerprint density at radius 3 is 2.11 bits per heavy atom. The van der Waals surface area contributed by atoms with Gasteiger partial charge in [0.1, 0.15) is 5.82 Å². The molecular formula is C31H29N3O. The van der Waals surface area contributed by atoms with Gasteiger partial charge in [0.2, 0.25) is 0 Å². The largest absolute Gasteiger partial charge is 0.345 e. The third-order valence-corrected chi connectivity index (χ3v) is 6.64. The Hall–Kier alpha value is -4.18. The molecule has 0 amide bonds. The topological polar surface area (TPSA) is 38.1 Å². The van der Waals surface area contributed by atoms with Gasteiger partial charge in [-0.25, -0.2) is 4.98 Å². The van der Waals surface area contributed by atoms with Crippen molar-refractivity contribution in [3.05, 3.63) is 136 Å². The van der Waals surface area contributed by atoms with Crippen molar-refractivity contribution in [1.29, 1.82) is 0 Å². The first-order valence-corrected chi connectivity index (χ1v) is 11.9. The van der Waals surface area contributed by atoms with Crippen LogP contribution in [-0.2, 0) is 6.42 Å². The molecule has 174 valence electrons. The maximum Gasteiger partial charge on any atom is 0.262 e. The number of anilines is 2. The van der Waals surface area contributed by atoms with Gasteiger partial charge in [0.25, 0.3) is 5.56 Å². The molecule has 1 heterocycles. The zero-order valence-electron chi connectivity index (χ0n) is 20.3. The van der Waals surface area contributed by atoms with E-state index in [-0.39, 0.29) is 11.6 Å². The Balaban J connectivity index is 1.64. The Labute approximate surface area is 206 Å². The van der Waals surface area contributed by atoms with Gasteiger partial charge in [-0.1, -0.05) is 78.4 Å². The first-order valence-electron chi connectivity index (χ1n) is 11.9. The van der Waals surface area contributed by atoms with Crippen molar-refractivity contribution in [2.75, 3.05) is 11.9 Å². The first kappa shape index (κ1) is 22.6. The maximum absolute atomic E-state index is 14.0. The molecule has 0 N–H and O–H groups in total. The summed E-state index contributed by atoms with van der Waals surface area (Å²) in [6, 6.07) is 34.7. The quantitative estimate of drug-likeness (QED) is 0.287. The van der Waals surface area contributed by atoms with E-state index in [4.69, 9.17) is 4.98 Å². The minimum Gasteiger partial charge on any atom is -0.345 e. The predicted octanol–water partition coefficient (Wildman–Crippen LogP) is 6.61. The second kappa shape index (κ2) is 9.59. The van der Waals surface area contributed by atoms with Crippen LogP contribution in [0.25, 0.3) is 10.9 Å². The summed E-state index contributed by atoms with van der Waals surface area (Å²) in [4.78, 5) is 21.0. The summed E-state index contributed by atoms with van der Waals surface area (Å²) in [5.41, 5.74) is 6.22. The highest BCUT2D eigenvalue weighted by Gasteiger charge is 2.20. The van der Waals surface area contributed by atoms with Crippen molar-refractivity contribution in [3.63, 3.8) is 0 Å². The van der Waals surface area contributed by atoms with E-state index >= 15 is 0 Å². The Kier molecular flexibility index (Phi) is 6.19. The summed E-state index contributed by atoms with van der Waals surface area (Å²) in [5, 5.41) is 0.626. The van der Waals surface area contributed by atoms with E-state index in [1.165, 1.54) is 11.1 Å². The highest BCUT2D eigenvalue weighted by molar-refractivity contribution is 5.83. The number of hydrogen-bond acceptors (Lipinski definition) is 3. The standard InChI is InChI=1S/C31H29N3O/c1-22-14-16-26(17-15-22)33(3)27-18-19-29-28(21-27)31(35)34(23(2)32-29)30(25-12-8-5-9-13-25)20-24-10-6-4-7-11-24/h4-19,21,30H,20H2,1-3H3. The smallest absolute Gasteiger partial charge is 0.262 e. The van der Waals surface area contributed by atoms with Crippen molar-refractivity contribution < 1.29 is 0 Å². The van der Waals surface area contributed by atoms with Gasteiger partial charge in [-0.05, 0) is 61.7 Å². The van der Waals surface area contributed by atoms with Gasteiger partial charge in [0, 0.05) is 18.4 Å². The van der Waals surface area contributed by atoms with E-state index in [1.54, 1.807) is 0 Å². The molecule has 0 bridgehead atoms. The summed E-state index contributed by atoms with van der Waals surface area (Å²) in [6.45, 7) is 4.00. The molecule has 0 saturated carbocycles. The van der Waals surface area contributed by atoms with Crippen LogP contribution < -0.4 is 10.5 Å². The molecule has 0 aliphatic rings. The van der Waals surface area contributed by atoms with Crippen LogP contribution in [0.5, 0.6) is 0 Å². The molecule has 0 radical (unpaired) electrons. The molecule has 0 saturated heterocycles. The zero-order valence-corrected chi connectivity index (χ0v) is 20.3. The summed E-state index contributed by atoms with van der Waals surface area (Å²) < 4.78 is 1.86. The summed E-state index contributed by atoms with van der Waals surface area (Å²) in [7, 11) is 2.02. The molecule has 4 nitrogen and oxygen atoms in total. The molecule has 1 atom stereocenters. The van der Waals surface area contributed by atoms with E-state index in [0.717, 1.165) is 22.5 Å². The minimum absolute atomic E-state index is 0.0172. The number of nitrogens with zero attached hydrogens (tertiary/aromatic N) is 3. The fourth-order valence-electron chi connectivity index (χ4n) is 4.66. The number of fused-ring (bicyclic) bond motifs is 1. The number of rotatable bonds is 6. The first-order chi connectivity index (χ1) is 17.0. The van der Waals surface area contributed by atoms with Crippen molar-refractivity contribution in [1.82, 2.24) is 9.55 Å². The van der Waals surface area contributed by atoms with Crippen molar-refractivity contribution >= 4 is 22.3 Å². The molecule has 5 aromatic rings. The number of benzene rings is 4. The molecule has 0 aliphatic heterocycles. The normalized spacial score (nSPS) is 12.0. The second-order valence-corrected chi connectivity index (χ2v) is 9.05. The number of hydrogen-bond donors (Lipinski definition) is 0. The van der Waals surface area contributed by atoms with Crippen LogP contribution in [0.2, 0.25) is 0 Å². The van der Waals surface area contributed by atoms with E-state index < -0.39 is 0 Å². The van der Waals surface area contributed by atoms with Gasteiger partial charge in [-0.2, -0.15) is 0 Å². The summed E-state index contributed by atoms with van der Waals surface area (Å²) in [6.07, 6.45) is 0.710. The molecule has 1 aromatic heterocycles. The zero-order chi connectivity index (χ0) is 24.4. The lowest BCUT2D eigenvalue weighted by atomic mass is 9.98. The lowest BCUT2D eigenvalue weighted by Gasteiger charge is -2.24. The SMILES string of the molecule is Cc1ccc(N(C)c2ccc3nc(C)n(C(Cc4ccccc4)c4ccccc4)c(=O)c3c2)cc1. The van der Waals surface area contributed by atoms with Gasteiger partial charge in [0.15, 0.2) is 0 Å². The second-order valence-electron chi connectivity index (χ2n) is 9.05. The van der Waals surface area contributed by atoms with Crippen LogP contribution in [0, 0.1) is 13.8 Å². The van der Waals surface area contributed by atoms with E-state index in [2.05, 4.69) is 60.4 Å². The predicted molar refractivity (Wildman–Crippen MR) is 145 cm³/mol. The van der Waals surface area contributed by atoms with Crippen LogP contribution in [0.4, 0.5) is 11.4 Å². The van der Waals surface area contributed by atoms with Gasteiger partial charge in [-0.3, -0.25) is 9.36 Å². The van der Waals surface area contributed by atoms with E-state index in [0.29, 0.717) is 17.6 Å². The van der Waals surface area contributed by atoms with Crippen molar-refractivity contribution in [2.45, 2.75) is 26.3 Å². The molecule has 0 spiro atoms. The van der Waals surface area contributed by atoms with Crippen LogP contribution in [0.15, 0.2) is 108 Å². The number of aromatic nitrogens is 2. The van der Waals surface area contributed by atoms with Crippen molar-refractivity contribution in [3.8, 4) is 0 Å². The minimum atomic E-state index is -0.151.